The average Bonchev–Trinajstić information content (AvgIpc) is 3.34. The molecule has 9 nitrogen and oxygen atoms in total. The number of aliphatic hydroxyl groups excluding tert-OH is 1. The summed E-state index contributed by atoms with van der Waals surface area (Å²) in [5.74, 6) is 0.517. The van der Waals surface area contributed by atoms with Crippen molar-refractivity contribution in [3.05, 3.63) is 66.5 Å². The molecule has 0 aliphatic carbocycles. The van der Waals surface area contributed by atoms with Crippen molar-refractivity contribution in [3.8, 4) is 34.3 Å². The van der Waals surface area contributed by atoms with Crippen LogP contribution >= 0.6 is 0 Å². The minimum absolute atomic E-state index is 0.101. The van der Waals surface area contributed by atoms with Crippen molar-refractivity contribution in [1.29, 1.82) is 0 Å². The Morgan fingerprint density at radius 2 is 1.58 bits per heavy atom. The summed E-state index contributed by atoms with van der Waals surface area (Å²) in [4.78, 5) is 8.97. The summed E-state index contributed by atoms with van der Waals surface area (Å²) >= 11 is 0. The molecule has 0 bridgehead atoms. The van der Waals surface area contributed by atoms with Crippen molar-refractivity contribution in [2.24, 2.45) is 0 Å². The van der Waals surface area contributed by atoms with Crippen LogP contribution in [0.4, 0.5) is 0 Å². The average molecular weight is 466 g/mol. The van der Waals surface area contributed by atoms with Gasteiger partial charge in [0, 0.05) is 24.3 Å². The second-order valence-electron chi connectivity index (χ2n) is 7.35. The molecule has 0 unspecified atom stereocenters. The number of hydrogen-bond donors (Lipinski definition) is 2. The molecule has 0 saturated heterocycles. The van der Waals surface area contributed by atoms with E-state index in [0.717, 1.165) is 17.7 Å². The molecule has 2 aromatic heterocycles. The first-order chi connectivity index (χ1) is 16.0. The number of sulfone groups is 1. The third-order valence-electron chi connectivity index (χ3n) is 4.94. The van der Waals surface area contributed by atoms with Crippen molar-refractivity contribution in [2.75, 3.05) is 19.4 Å². The Kier molecular flexibility index (Phi) is 6.87. The molecule has 0 atom stereocenters. The summed E-state index contributed by atoms with van der Waals surface area (Å²) in [6, 6.07) is 14.2. The van der Waals surface area contributed by atoms with Gasteiger partial charge in [0.05, 0.1) is 28.7 Å². The summed E-state index contributed by atoms with van der Waals surface area (Å²) in [5.41, 5.74) is 3.61. The zero-order valence-electron chi connectivity index (χ0n) is 18.0. The van der Waals surface area contributed by atoms with E-state index in [1.807, 2.05) is 31.3 Å². The maximum Gasteiger partial charge on any atom is 0.268 e. The first-order valence-corrected chi connectivity index (χ1v) is 12.0. The Bertz CT molecular complexity index is 1320. The first kappa shape index (κ1) is 22.7. The van der Waals surface area contributed by atoms with Gasteiger partial charge in [-0.25, -0.2) is 13.4 Å². The van der Waals surface area contributed by atoms with E-state index in [9.17, 15) is 8.42 Å². The molecular formula is C23H23N5O4S. The predicted molar refractivity (Wildman–Crippen MR) is 123 cm³/mol. The van der Waals surface area contributed by atoms with Gasteiger partial charge >= 0.3 is 0 Å². The van der Waals surface area contributed by atoms with Crippen LogP contribution in [0.3, 0.4) is 0 Å². The van der Waals surface area contributed by atoms with Gasteiger partial charge in [-0.3, -0.25) is 4.98 Å². The largest absolute Gasteiger partial charge is 0.415 e. The van der Waals surface area contributed by atoms with Gasteiger partial charge in [0.25, 0.3) is 5.89 Å². The van der Waals surface area contributed by atoms with E-state index in [4.69, 9.17) is 9.52 Å². The van der Waals surface area contributed by atoms with Crippen LogP contribution in [0.25, 0.3) is 34.3 Å². The van der Waals surface area contributed by atoms with E-state index in [-0.39, 0.29) is 29.6 Å². The maximum atomic E-state index is 12.3. The molecule has 0 radical (unpaired) electrons. The molecule has 4 aromatic rings. The van der Waals surface area contributed by atoms with Gasteiger partial charge in [0.2, 0.25) is 5.89 Å². The fraction of sp³-hybridized carbons (Fsp3) is 0.217. The molecular weight excluding hydrogens is 442 g/mol. The summed E-state index contributed by atoms with van der Waals surface area (Å²) < 4.78 is 30.4. The quantitative estimate of drug-likeness (QED) is 0.383. The molecule has 33 heavy (non-hydrogen) atoms. The molecule has 0 saturated carbocycles. The topological polar surface area (TPSA) is 131 Å². The van der Waals surface area contributed by atoms with Gasteiger partial charge in [-0.1, -0.05) is 24.3 Å². The molecule has 0 amide bonds. The van der Waals surface area contributed by atoms with E-state index >= 15 is 0 Å². The smallest absolute Gasteiger partial charge is 0.268 e. The molecule has 4 rings (SSSR count). The third kappa shape index (κ3) is 5.30. The van der Waals surface area contributed by atoms with Crippen LogP contribution in [-0.2, 0) is 16.4 Å². The van der Waals surface area contributed by atoms with Crippen LogP contribution in [-0.4, -0.2) is 53.1 Å². The van der Waals surface area contributed by atoms with Crippen LogP contribution in [0.2, 0.25) is 0 Å². The van der Waals surface area contributed by atoms with Crippen molar-refractivity contribution >= 4 is 9.84 Å². The van der Waals surface area contributed by atoms with Crippen LogP contribution in [0.1, 0.15) is 12.0 Å². The fourth-order valence-electron chi connectivity index (χ4n) is 3.23. The Morgan fingerprint density at radius 1 is 0.909 bits per heavy atom. The van der Waals surface area contributed by atoms with Crippen LogP contribution in [0.5, 0.6) is 0 Å². The maximum absolute atomic E-state index is 12.3. The van der Waals surface area contributed by atoms with E-state index in [1.54, 1.807) is 18.3 Å². The van der Waals surface area contributed by atoms with E-state index in [0.29, 0.717) is 22.8 Å². The Morgan fingerprint density at radius 3 is 2.27 bits per heavy atom. The summed E-state index contributed by atoms with van der Waals surface area (Å²) in [5, 5.41) is 20.2. The molecule has 0 spiro atoms. The summed E-state index contributed by atoms with van der Waals surface area (Å²) in [6.07, 6.45) is 3.31. The molecule has 10 heteroatoms. The number of nitrogens with zero attached hydrogens (tertiary/aromatic N) is 4. The van der Waals surface area contributed by atoms with E-state index < -0.39 is 9.84 Å². The predicted octanol–water partition coefficient (Wildman–Crippen LogP) is 2.74. The van der Waals surface area contributed by atoms with Gasteiger partial charge in [-0.15, -0.1) is 10.2 Å². The SMILES string of the molecule is CNCc1ccc(-c2nnc(-c3cncc(-c4ccc(S(=O)(=O)CCCO)cc4)n3)o2)cc1. The van der Waals surface area contributed by atoms with Gasteiger partial charge < -0.3 is 14.8 Å². The highest BCUT2D eigenvalue weighted by molar-refractivity contribution is 7.91. The highest BCUT2D eigenvalue weighted by Gasteiger charge is 2.16. The highest BCUT2D eigenvalue weighted by Crippen LogP contribution is 2.25. The minimum Gasteiger partial charge on any atom is -0.415 e. The Hall–Kier alpha value is -3.47. The molecule has 170 valence electrons. The fourth-order valence-corrected chi connectivity index (χ4v) is 4.52. The van der Waals surface area contributed by atoms with E-state index in [2.05, 4.69) is 25.5 Å². The van der Waals surface area contributed by atoms with Crippen molar-refractivity contribution in [3.63, 3.8) is 0 Å². The van der Waals surface area contributed by atoms with Crippen LogP contribution < -0.4 is 5.32 Å². The number of rotatable bonds is 9. The zero-order valence-corrected chi connectivity index (χ0v) is 18.8. The number of aliphatic hydroxyl groups is 1. The normalized spacial score (nSPS) is 11.6. The van der Waals surface area contributed by atoms with Crippen molar-refractivity contribution < 1.29 is 17.9 Å². The Balaban J connectivity index is 1.55. The van der Waals surface area contributed by atoms with Gasteiger partial charge in [-0.05, 0) is 43.3 Å². The lowest BCUT2D eigenvalue weighted by Crippen LogP contribution is -2.08. The third-order valence-corrected chi connectivity index (χ3v) is 6.76. The highest BCUT2D eigenvalue weighted by atomic mass is 32.2. The van der Waals surface area contributed by atoms with Crippen molar-refractivity contribution in [1.82, 2.24) is 25.5 Å². The Labute approximate surface area is 191 Å². The number of nitrogens with one attached hydrogen (secondary N) is 1. The molecule has 0 aliphatic rings. The van der Waals surface area contributed by atoms with Crippen LogP contribution in [0, 0.1) is 0 Å². The second kappa shape index (κ2) is 9.99. The van der Waals surface area contributed by atoms with Crippen molar-refractivity contribution in [2.45, 2.75) is 17.9 Å². The molecule has 2 aromatic carbocycles. The number of benzene rings is 2. The number of hydrogen-bond acceptors (Lipinski definition) is 9. The molecule has 0 aliphatic heterocycles. The lowest BCUT2D eigenvalue weighted by atomic mass is 10.1. The monoisotopic (exact) mass is 465 g/mol. The van der Waals surface area contributed by atoms with Gasteiger partial charge in [0.15, 0.2) is 9.84 Å². The lowest BCUT2D eigenvalue weighted by molar-refractivity contribution is 0.295. The van der Waals surface area contributed by atoms with Crippen LogP contribution in [0.15, 0.2) is 70.2 Å². The molecule has 0 fully saturated rings. The second-order valence-corrected chi connectivity index (χ2v) is 9.46. The number of aromatic nitrogens is 4. The van der Waals surface area contributed by atoms with Gasteiger partial charge in [-0.2, -0.15) is 0 Å². The first-order valence-electron chi connectivity index (χ1n) is 10.3. The molecule has 2 heterocycles. The summed E-state index contributed by atoms with van der Waals surface area (Å²) in [7, 11) is -1.54. The standard InChI is InChI=1S/C23H23N5O4S/c1-24-13-16-3-5-18(6-4-16)22-27-28-23(32-22)21-15-25-14-20(26-21)17-7-9-19(10-8-17)33(30,31)12-2-11-29/h3-10,14-15,24,29H,2,11-13H2,1H3. The lowest BCUT2D eigenvalue weighted by Gasteiger charge is -2.06. The van der Waals surface area contributed by atoms with E-state index in [1.165, 1.54) is 18.3 Å². The zero-order chi connectivity index (χ0) is 23.3. The summed E-state index contributed by atoms with van der Waals surface area (Å²) in [6.45, 7) is 0.603. The van der Waals surface area contributed by atoms with Gasteiger partial charge in [0.1, 0.15) is 5.69 Å². The molecule has 2 N–H and O–H groups in total. The minimum atomic E-state index is -3.44.